The van der Waals surface area contributed by atoms with Gasteiger partial charge in [0.15, 0.2) is 5.78 Å². The van der Waals surface area contributed by atoms with Crippen LogP contribution in [-0.2, 0) is 9.53 Å². The number of methoxy groups -OCH3 is 2. The molecule has 19 heavy (non-hydrogen) atoms. The third-order valence-corrected chi connectivity index (χ3v) is 2.70. The molecule has 0 aliphatic carbocycles. The van der Waals surface area contributed by atoms with E-state index in [1.165, 1.54) is 20.4 Å². The fourth-order valence-corrected chi connectivity index (χ4v) is 1.73. The van der Waals surface area contributed by atoms with Crippen LogP contribution in [0.15, 0.2) is 6.20 Å². The Morgan fingerprint density at radius 3 is 2.68 bits per heavy atom. The van der Waals surface area contributed by atoms with Crippen LogP contribution in [0.4, 0.5) is 0 Å². The van der Waals surface area contributed by atoms with E-state index in [-0.39, 0.29) is 18.2 Å². The number of carbonyl (C=O) groups excluding carboxylic acids is 2. The van der Waals surface area contributed by atoms with E-state index >= 15 is 0 Å². The highest BCUT2D eigenvalue weighted by molar-refractivity contribution is 6.12. The largest absolute Gasteiger partial charge is 0.469 e. The first-order valence-corrected chi connectivity index (χ1v) is 5.56. The van der Waals surface area contributed by atoms with E-state index in [1.807, 2.05) is 0 Å². The first-order chi connectivity index (χ1) is 9.06. The molecule has 0 aromatic carbocycles. The molecular formula is C12H13N3O4. The van der Waals surface area contributed by atoms with Crippen LogP contribution in [0.2, 0.25) is 0 Å². The number of ketones is 1. The van der Waals surface area contributed by atoms with Crippen LogP contribution >= 0.6 is 0 Å². The number of hydrogen-bond donors (Lipinski definition) is 1. The van der Waals surface area contributed by atoms with E-state index in [1.54, 1.807) is 6.92 Å². The van der Waals surface area contributed by atoms with Gasteiger partial charge in [-0.25, -0.2) is 0 Å². The molecule has 0 radical (unpaired) electrons. The van der Waals surface area contributed by atoms with Crippen molar-refractivity contribution < 1.29 is 19.1 Å². The van der Waals surface area contributed by atoms with Crippen molar-refractivity contribution in [1.82, 2.24) is 15.0 Å². The summed E-state index contributed by atoms with van der Waals surface area (Å²) in [7, 11) is 2.68. The molecule has 0 amide bonds. The Kier molecular flexibility index (Phi) is 3.46. The second kappa shape index (κ2) is 5.05. The van der Waals surface area contributed by atoms with Gasteiger partial charge in [-0.3, -0.25) is 9.59 Å². The molecule has 0 spiro atoms. The first kappa shape index (κ1) is 13.0. The van der Waals surface area contributed by atoms with Crippen molar-refractivity contribution in [3.8, 4) is 6.01 Å². The van der Waals surface area contributed by atoms with Gasteiger partial charge in [-0.05, 0) is 6.92 Å². The molecule has 2 aromatic rings. The van der Waals surface area contributed by atoms with Crippen LogP contribution in [0.25, 0.3) is 11.0 Å². The van der Waals surface area contributed by atoms with Gasteiger partial charge in [0.2, 0.25) is 0 Å². The highest BCUT2D eigenvalue weighted by atomic mass is 16.5. The quantitative estimate of drug-likeness (QED) is 0.503. The Hall–Kier alpha value is -2.44. The zero-order chi connectivity index (χ0) is 14.0. The molecule has 0 aliphatic heterocycles. The zero-order valence-corrected chi connectivity index (χ0v) is 10.8. The summed E-state index contributed by atoms with van der Waals surface area (Å²) in [5.41, 5.74) is 2.08. The average Bonchev–Trinajstić information content (AvgIpc) is 2.82. The van der Waals surface area contributed by atoms with Gasteiger partial charge in [-0.15, -0.1) is 0 Å². The molecule has 7 nitrogen and oxygen atoms in total. The molecular weight excluding hydrogens is 250 g/mol. The van der Waals surface area contributed by atoms with Crippen molar-refractivity contribution in [3.63, 3.8) is 0 Å². The van der Waals surface area contributed by atoms with Crippen molar-refractivity contribution in [2.75, 3.05) is 14.2 Å². The lowest BCUT2D eigenvalue weighted by Gasteiger charge is -2.02. The number of esters is 1. The second-order valence-corrected chi connectivity index (χ2v) is 3.90. The minimum absolute atomic E-state index is 0.178. The molecule has 2 heterocycles. The zero-order valence-electron chi connectivity index (χ0n) is 10.8. The molecule has 0 saturated carbocycles. The number of H-pyrrole nitrogens is 1. The Morgan fingerprint density at radius 2 is 2.05 bits per heavy atom. The van der Waals surface area contributed by atoms with Gasteiger partial charge >= 0.3 is 12.0 Å². The smallest absolute Gasteiger partial charge is 0.317 e. The van der Waals surface area contributed by atoms with Gasteiger partial charge in [0.05, 0.1) is 31.0 Å². The predicted octanol–water partition coefficient (Wildman–Crippen LogP) is 1.02. The summed E-state index contributed by atoms with van der Waals surface area (Å²) in [6.07, 6.45) is 1.19. The molecule has 0 aliphatic rings. The van der Waals surface area contributed by atoms with E-state index < -0.39 is 5.97 Å². The number of Topliss-reactive ketones (excluding diaryl/α,β-unsaturated/α-hetero) is 1. The normalized spacial score (nSPS) is 10.5. The van der Waals surface area contributed by atoms with Crippen molar-refractivity contribution in [2.45, 2.75) is 13.3 Å². The van der Waals surface area contributed by atoms with Crippen LogP contribution in [0.5, 0.6) is 6.01 Å². The highest BCUT2D eigenvalue weighted by Crippen LogP contribution is 2.22. The summed E-state index contributed by atoms with van der Waals surface area (Å²) in [6, 6.07) is 0.178. The molecule has 2 aromatic heterocycles. The van der Waals surface area contributed by atoms with Crippen LogP contribution in [0.1, 0.15) is 22.5 Å². The summed E-state index contributed by atoms with van der Waals surface area (Å²) >= 11 is 0. The standard InChI is InChI=1S/C12H13N3O4/c1-6-10-11(15-12(14-6)19-3)7(5-13-10)8(16)4-9(17)18-2/h5,13H,4H2,1-3H3. The fourth-order valence-electron chi connectivity index (χ4n) is 1.73. The summed E-state index contributed by atoms with van der Waals surface area (Å²) in [5, 5.41) is 0. The summed E-state index contributed by atoms with van der Waals surface area (Å²) in [4.78, 5) is 34.3. The maximum atomic E-state index is 12.0. The molecule has 0 atom stereocenters. The Morgan fingerprint density at radius 1 is 1.32 bits per heavy atom. The van der Waals surface area contributed by atoms with Crippen molar-refractivity contribution in [1.29, 1.82) is 0 Å². The molecule has 0 bridgehead atoms. The van der Waals surface area contributed by atoms with E-state index in [9.17, 15) is 9.59 Å². The van der Waals surface area contributed by atoms with E-state index in [0.29, 0.717) is 22.3 Å². The summed E-state index contributed by atoms with van der Waals surface area (Å²) < 4.78 is 9.44. The Labute approximate surface area is 109 Å². The number of rotatable bonds is 4. The number of ether oxygens (including phenoxy) is 2. The lowest BCUT2D eigenvalue weighted by atomic mass is 10.1. The fraction of sp³-hybridized carbons (Fsp3) is 0.333. The number of hydrogen-bond acceptors (Lipinski definition) is 6. The minimum atomic E-state index is -0.586. The third-order valence-electron chi connectivity index (χ3n) is 2.70. The van der Waals surface area contributed by atoms with Gasteiger partial charge in [0.1, 0.15) is 11.9 Å². The van der Waals surface area contributed by atoms with Crippen LogP contribution in [0.3, 0.4) is 0 Å². The number of carbonyl (C=O) groups is 2. The van der Waals surface area contributed by atoms with E-state index in [2.05, 4.69) is 19.7 Å². The highest BCUT2D eigenvalue weighted by Gasteiger charge is 2.19. The minimum Gasteiger partial charge on any atom is -0.469 e. The van der Waals surface area contributed by atoms with Gasteiger partial charge in [-0.1, -0.05) is 0 Å². The molecule has 100 valence electrons. The first-order valence-electron chi connectivity index (χ1n) is 5.56. The third kappa shape index (κ3) is 2.40. The lowest BCUT2D eigenvalue weighted by molar-refractivity contribution is -0.139. The maximum Gasteiger partial charge on any atom is 0.317 e. The molecule has 0 saturated heterocycles. The van der Waals surface area contributed by atoms with Crippen LogP contribution in [0, 0.1) is 6.92 Å². The maximum absolute atomic E-state index is 12.0. The van der Waals surface area contributed by atoms with E-state index in [0.717, 1.165) is 0 Å². The topological polar surface area (TPSA) is 94.2 Å². The van der Waals surface area contributed by atoms with Crippen molar-refractivity contribution >= 4 is 22.8 Å². The van der Waals surface area contributed by atoms with Crippen LogP contribution in [-0.4, -0.2) is 40.9 Å². The van der Waals surface area contributed by atoms with Gasteiger partial charge < -0.3 is 14.5 Å². The van der Waals surface area contributed by atoms with Gasteiger partial charge in [-0.2, -0.15) is 9.97 Å². The molecule has 1 N–H and O–H groups in total. The predicted molar refractivity (Wildman–Crippen MR) is 66.1 cm³/mol. The number of nitrogens with zero attached hydrogens (tertiary/aromatic N) is 2. The van der Waals surface area contributed by atoms with Gasteiger partial charge in [0, 0.05) is 6.20 Å². The van der Waals surface area contributed by atoms with Crippen molar-refractivity contribution in [2.24, 2.45) is 0 Å². The number of aromatic amines is 1. The Balaban J connectivity index is 2.47. The molecule has 0 fully saturated rings. The number of aromatic nitrogens is 3. The molecule has 0 unspecified atom stereocenters. The van der Waals surface area contributed by atoms with Gasteiger partial charge in [0.25, 0.3) is 0 Å². The number of nitrogens with one attached hydrogen (secondary N) is 1. The average molecular weight is 263 g/mol. The van der Waals surface area contributed by atoms with E-state index in [4.69, 9.17) is 4.74 Å². The monoisotopic (exact) mass is 263 g/mol. The second-order valence-electron chi connectivity index (χ2n) is 3.90. The van der Waals surface area contributed by atoms with Crippen LogP contribution < -0.4 is 4.74 Å². The molecule has 2 rings (SSSR count). The van der Waals surface area contributed by atoms with Crippen molar-refractivity contribution in [3.05, 3.63) is 17.5 Å². The summed E-state index contributed by atoms with van der Waals surface area (Å²) in [5.74, 6) is -0.949. The Bertz CT molecular complexity index is 648. The number of fused-ring (bicyclic) bond motifs is 1. The lowest BCUT2D eigenvalue weighted by Crippen LogP contribution is -2.09. The SMILES string of the molecule is COC(=O)CC(=O)c1c[nH]c2c(C)nc(OC)nc12. The number of aryl methyl sites for hydroxylation is 1. The molecule has 7 heteroatoms. The summed E-state index contributed by atoms with van der Waals surface area (Å²) in [6.45, 7) is 1.78.